The lowest BCUT2D eigenvalue weighted by Gasteiger charge is -2.36. The number of guanidine groups is 1. The molecule has 1 aromatic carbocycles. The number of ether oxygens (including phenoxy) is 2. The van der Waals surface area contributed by atoms with Gasteiger partial charge in [-0.2, -0.15) is 0 Å². The molecule has 156 valence electrons. The summed E-state index contributed by atoms with van der Waals surface area (Å²) >= 11 is 0. The molecule has 2 N–H and O–H groups in total. The summed E-state index contributed by atoms with van der Waals surface area (Å²) in [6.07, 6.45) is 5.42. The highest BCUT2D eigenvalue weighted by atomic mass is 19.1. The Balaban J connectivity index is 1.55. The van der Waals surface area contributed by atoms with Gasteiger partial charge in [0.15, 0.2) is 5.96 Å². The molecule has 3 rings (SSSR count). The third-order valence-electron chi connectivity index (χ3n) is 5.60. The standard InChI is InChI=1S/C22H34FN3O2/c1-2-24-21(25-12-3-13-28-16-18-4-5-18)26-17-22(10-14-27-15-11-22)19-6-8-20(23)9-7-19/h6-9,18H,2-5,10-17H2,1H3,(H2,24,25,26). The fraction of sp³-hybridized carbons (Fsp3) is 0.682. The van der Waals surface area contributed by atoms with Crippen molar-refractivity contribution in [2.75, 3.05) is 46.1 Å². The quantitative estimate of drug-likeness (QED) is 0.365. The summed E-state index contributed by atoms with van der Waals surface area (Å²) in [5, 5.41) is 6.74. The number of rotatable bonds is 10. The largest absolute Gasteiger partial charge is 0.381 e. The van der Waals surface area contributed by atoms with E-state index in [1.54, 1.807) is 12.1 Å². The minimum absolute atomic E-state index is 0.0956. The van der Waals surface area contributed by atoms with E-state index in [0.717, 1.165) is 76.2 Å². The van der Waals surface area contributed by atoms with Crippen molar-refractivity contribution in [2.45, 2.75) is 44.4 Å². The monoisotopic (exact) mass is 391 g/mol. The summed E-state index contributed by atoms with van der Waals surface area (Å²) in [5.41, 5.74) is 1.05. The molecule has 0 aromatic heterocycles. The van der Waals surface area contributed by atoms with E-state index in [1.807, 2.05) is 12.1 Å². The van der Waals surface area contributed by atoms with Crippen molar-refractivity contribution >= 4 is 5.96 Å². The van der Waals surface area contributed by atoms with Crippen LogP contribution in [-0.2, 0) is 14.9 Å². The first kappa shape index (κ1) is 21.1. The number of hydrogen-bond donors (Lipinski definition) is 2. The van der Waals surface area contributed by atoms with E-state index in [-0.39, 0.29) is 11.2 Å². The SMILES string of the molecule is CCNC(=NCC1(c2ccc(F)cc2)CCOCC1)NCCCOCC1CC1. The van der Waals surface area contributed by atoms with Crippen molar-refractivity contribution < 1.29 is 13.9 Å². The lowest BCUT2D eigenvalue weighted by atomic mass is 9.74. The molecule has 0 atom stereocenters. The summed E-state index contributed by atoms with van der Waals surface area (Å²) < 4.78 is 24.7. The predicted molar refractivity (Wildman–Crippen MR) is 110 cm³/mol. The zero-order chi connectivity index (χ0) is 19.7. The molecule has 0 radical (unpaired) electrons. The van der Waals surface area contributed by atoms with Crippen LogP contribution in [0.25, 0.3) is 0 Å². The fourth-order valence-corrected chi connectivity index (χ4v) is 3.59. The Hall–Kier alpha value is -1.66. The molecule has 2 fully saturated rings. The van der Waals surface area contributed by atoms with Crippen LogP contribution in [0, 0.1) is 11.7 Å². The number of nitrogens with zero attached hydrogens (tertiary/aromatic N) is 1. The minimum Gasteiger partial charge on any atom is -0.381 e. The fourth-order valence-electron chi connectivity index (χ4n) is 3.59. The maximum absolute atomic E-state index is 13.4. The highest BCUT2D eigenvalue weighted by Gasteiger charge is 2.34. The van der Waals surface area contributed by atoms with Gasteiger partial charge in [0.1, 0.15) is 5.82 Å². The number of benzene rings is 1. The molecular weight excluding hydrogens is 357 g/mol. The van der Waals surface area contributed by atoms with Crippen LogP contribution in [0.2, 0.25) is 0 Å². The zero-order valence-corrected chi connectivity index (χ0v) is 17.0. The number of halogens is 1. The maximum Gasteiger partial charge on any atom is 0.191 e. The van der Waals surface area contributed by atoms with Gasteiger partial charge in [-0.05, 0) is 62.6 Å². The molecule has 1 heterocycles. The third-order valence-corrected chi connectivity index (χ3v) is 5.60. The van der Waals surface area contributed by atoms with E-state index in [2.05, 4.69) is 17.6 Å². The molecule has 1 aliphatic heterocycles. The van der Waals surface area contributed by atoms with Gasteiger partial charge in [-0.3, -0.25) is 4.99 Å². The van der Waals surface area contributed by atoms with Crippen LogP contribution in [0.4, 0.5) is 4.39 Å². The van der Waals surface area contributed by atoms with Gasteiger partial charge in [-0.1, -0.05) is 12.1 Å². The maximum atomic E-state index is 13.4. The second-order valence-corrected chi connectivity index (χ2v) is 7.89. The first-order chi connectivity index (χ1) is 13.7. The van der Waals surface area contributed by atoms with Gasteiger partial charge >= 0.3 is 0 Å². The molecule has 2 aliphatic rings. The minimum atomic E-state index is -0.201. The molecule has 6 heteroatoms. The van der Waals surface area contributed by atoms with Crippen molar-refractivity contribution in [1.82, 2.24) is 10.6 Å². The van der Waals surface area contributed by atoms with E-state index in [4.69, 9.17) is 14.5 Å². The first-order valence-electron chi connectivity index (χ1n) is 10.7. The smallest absolute Gasteiger partial charge is 0.191 e. The summed E-state index contributed by atoms with van der Waals surface area (Å²) in [7, 11) is 0. The molecule has 1 saturated carbocycles. The van der Waals surface area contributed by atoms with Crippen LogP contribution >= 0.6 is 0 Å². The van der Waals surface area contributed by atoms with Gasteiger partial charge in [0.05, 0.1) is 6.54 Å². The lowest BCUT2D eigenvalue weighted by Crippen LogP contribution is -2.41. The Labute approximate surface area is 168 Å². The van der Waals surface area contributed by atoms with Crippen LogP contribution in [-0.4, -0.2) is 52.0 Å². The van der Waals surface area contributed by atoms with Crippen molar-refractivity contribution in [3.05, 3.63) is 35.6 Å². The van der Waals surface area contributed by atoms with Gasteiger partial charge in [-0.15, -0.1) is 0 Å². The predicted octanol–water partition coefficient (Wildman–Crippen LogP) is 3.25. The van der Waals surface area contributed by atoms with Crippen molar-refractivity contribution in [1.29, 1.82) is 0 Å². The van der Waals surface area contributed by atoms with Crippen LogP contribution in [0.3, 0.4) is 0 Å². The van der Waals surface area contributed by atoms with Crippen LogP contribution in [0.5, 0.6) is 0 Å². The Morgan fingerprint density at radius 1 is 1.21 bits per heavy atom. The van der Waals surface area contributed by atoms with Crippen LogP contribution in [0.1, 0.15) is 44.6 Å². The third kappa shape index (κ3) is 6.45. The second kappa shape index (κ2) is 10.8. The summed E-state index contributed by atoms with van der Waals surface area (Å²) in [6, 6.07) is 6.88. The zero-order valence-electron chi connectivity index (χ0n) is 17.0. The van der Waals surface area contributed by atoms with E-state index < -0.39 is 0 Å². The Kier molecular flexibility index (Phi) is 8.10. The molecule has 0 bridgehead atoms. The molecule has 0 amide bonds. The Morgan fingerprint density at radius 3 is 2.64 bits per heavy atom. The molecule has 1 aliphatic carbocycles. The number of nitrogens with one attached hydrogen (secondary N) is 2. The number of aliphatic imine (C=N–C) groups is 1. The lowest BCUT2D eigenvalue weighted by molar-refractivity contribution is 0.0531. The highest BCUT2D eigenvalue weighted by molar-refractivity contribution is 5.79. The van der Waals surface area contributed by atoms with Crippen molar-refractivity contribution in [2.24, 2.45) is 10.9 Å². The molecule has 0 spiro atoms. The van der Waals surface area contributed by atoms with Gasteiger partial charge < -0.3 is 20.1 Å². The number of hydrogen-bond acceptors (Lipinski definition) is 3. The highest BCUT2D eigenvalue weighted by Crippen LogP contribution is 2.35. The van der Waals surface area contributed by atoms with Gasteiger partial charge in [0.2, 0.25) is 0 Å². The average molecular weight is 392 g/mol. The topological polar surface area (TPSA) is 54.9 Å². The van der Waals surface area contributed by atoms with E-state index in [9.17, 15) is 4.39 Å². The molecular formula is C22H34FN3O2. The summed E-state index contributed by atoms with van der Waals surface area (Å²) in [4.78, 5) is 4.87. The van der Waals surface area contributed by atoms with Gasteiger partial charge in [-0.25, -0.2) is 4.39 Å². The van der Waals surface area contributed by atoms with Crippen molar-refractivity contribution in [3.8, 4) is 0 Å². The molecule has 0 unspecified atom stereocenters. The molecule has 28 heavy (non-hydrogen) atoms. The van der Waals surface area contributed by atoms with E-state index >= 15 is 0 Å². The van der Waals surface area contributed by atoms with E-state index in [0.29, 0.717) is 6.54 Å². The van der Waals surface area contributed by atoms with Gasteiger partial charge in [0, 0.05) is 44.9 Å². The molecule has 5 nitrogen and oxygen atoms in total. The first-order valence-corrected chi connectivity index (χ1v) is 10.7. The Morgan fingerprint density at radius 2 is 1.96 bits per heavy atom. The summed E-state index contributed by atoms with van der Waals surface area (Å²) in [6.45, 7) is 7.52. The summed E-state index contributed by atoms with van der Waals surface area (Å²) in [5.74, 6) is 1.44. The molecule has 1 saturated heterocycles. The van der Waals surface area contributed by atoms with Gasteiger partial charge in [0.25, 0.3) is 0 Å². The van der Waals surface area contributed by atoms with Crippen LogP contribution < -0.4 is 10.6 Å². The van der Waals surface area contributed by atoms with Crippen molar-refractivity contribution in [3.63, 3.8) is 0 Å². The van der Waals surface area contributed by atoms with E-state index in [1.165, 1.54) is 12.8 Å². The average Bonchev–Trinajstić information content (AvgIpc) is 3.54. The molecule has 1 aromatic rings. The Bertz CT molecular complexity index is 611. The normalized spacial score (nSPS) is 19.4. The van der Waals surface area contributed by atoms with Crippen LogP contribution in [0.15, 0.2) is 29.3 Å². The second-order valence-electron chi connectivity index (χ2n) is 7.89.